The molecule has 2 rings (SSSR count). The summed E-state index contributed by atoms with van der Waals surface area (Å²) in [7, 11) is 0. The molecule has 0 saturated carbocycles. The van der Waals surface area contributed by atoms with Crippen LogP contribution in [0, 0.1) is 0 Å². The summed E-state index contributed by atoms with van der Waals surface area (Å²) in [5, 5.41) is 1.82. The van der Waals surface area contributed by atoms with Crippen molar-refractivity contribution < 1.29 is 9.63 Å². The lowest BCUT2D eigenvalue weighted by Gasteiger charge is -2.20. The lowest BCUT2D eigenvalue weighted by molar-refractivity contribution is -0.119. The fourth-order valence-corrected chi connectivity index (χ4v) is 1.64. The van der Waals surface area contributed by atoms with Crippen LogP contribution in [-0.4, -0.2) is 12.5 Å². The summed E-state index contributed by atoms with van der Waals surface area (Å²) >= 11 is 0. The zero-order valence-electron chi connectivity index (χ0n) is 8.27. The molecule has 1 aromatic carbocycles. The molecule has 5 heteroatoms. The lowest BCUT2D eigenvalue weighted by Crippen LogP contribution is -2.33. The van der Waals surface area contributed by atoms with E-state index >= 15 is 0 Å². The van der Waals surface area contributed by atoms with E-state index in [0.29, 0.717) is 19.6 Å². The third-order valence-electron chi connectivity index (χ3n) is 2.34. The van der Waals surface area contributed by atoms with Crippen LogP contribution < -0.4 is 16.3 Å². The number of rotatable bonds is 3. The molecule has 15 heavy (non-hydrogen) atoms. The van der Waals surface area contributed by atoms with Gasteiger partial charge in [-0.05, 0) is 6.07 Å². The highest BCUT2D eigenvalue weighted by molar-refractivity contribution is 5.81. The van der Waals surface area contributed by atoms with Crippen LogP contribution in [0.25, 0.3) is 0 Å². The van der Waals surface area contributed by atoms with Gasteiger partial charge in [-0.15, -0.1) is 0 Å². The first-order chi connectivity index (χ1) is 7.31. The van der Waals surface area contributed by atoms with Crippen molar-refractivity contribution in [3.05, 3.63) is 29.8 Å². The zero-order valence-corrected chi connectivity index (χ0v) is 8.27. The van der Waals surface area contributed by atoms with E-state index in [0.717, 1.165) is 11.3 Å². The molecule has 1 aliphatic heterocycles. The Kier molecular flexibility index (Phi) is 2.84. The Hall–Kier alpha value is -1.59. The number of anilines is 1. The van der Waals surface area contributed by atoms with Crippen molar-refractivity contribution in [2.24, 2.45) is 5.90 Å². The van der Waals surface area contributed by atoms with Gasteiger partial charge in [0.25, 0.3) is 0 Å². The van der Waals surface area contributed by atoms with Gasteiger partial charge in [-0.2, -0.15) is 0 Å². The van der Waals surface area contributed by atoms with E-state index in [9.17, 15) is 4.79 Å². The van der Waals surface area contributed by atoms with Crippen LogP contribution in [0.2, 0.25) is 0 Å². The maximum atomic E-state index is 11.1. The normalized spacial score (nSPS) is 15.5. The van der Waals surface area contributed by atoms with Crippen LogP contribution in [-0.2, 0) is 16.2 Å². The van der Waals surface area contributed by atoms with Crippen molar-refractivity contribution in [1.82, 2.24) is 5.43 Å². The Labute approximate surface area is 87.7 Å². The highest BCUT2D eigenvalue weighted by Gasteiger charge is 2.20. The first-order valence-electron chi connectivity index (χ1n) is 4.78. The molecule has 1 aromatic rings. The number of nitrogens with two attached hydrogens (primary N) is 1. The molecule has 1 fully saturated rings. The third-order valence-corrected chi connectivity index (χ3v) is 2.34. The van der Waals surface area contributed by atoms with Gasteiger partial charge in [-0.3, -0.25) is 20.1 Å². The van der Waals surface area contributed by atoms with E-state index in [-0.39, 0.29) is 5.91 Å². The molecule has 80 valence electrons. The lowest BCUT2D eigenvalue weighted by atomic mass is 10.2. The average Bonchev–Trinajstić information content (AvgIpc) is 2.66. The fraction of sp³-hybridized carbons (Fsp3) is 0.300. The number of nitrogens with one attached hydrogen (secondary N) is 1. The second kappa shape index (κ2) is 4.29. The Bertz CT molecular complexity index is 367. The van der Waals surface area contributed by atoms with Gasteiger partial charge in [-0.1, -0.05) is 18.2 Å². The summed E-state index contributed by atoms with van der Waals surface area (Å²) in [6.07, 6.45) is 0.526. The minimum atomic E-state index is 0.0402. The van der Waals surface area contributed by atoms with Crippen molar-refractivity contribution in [2.75, 3.05) is 11.6 Å². The van der Waals surface area contributed by atoms with Crippen molar-refractivity contribution in [3.63, 3.8) is 0 Å². The Morgan fingerprint density at radius 3 is 2.93 bits per heavy atom. The van der Waals surface area contributed by atoms with E-state index in [2.05, 4.69) is 10.3 Å². The van der Waals surface area contributed by atoms with Crippen LogP contribution in [0.1, 0.15) is 12.0 Å². The molecular weight excluding hydrogens is 194 g/mol. The fourth-order valence-electron chi connectivity index (χ4n) is 1.64. The largest absolute Gasteiger partial charge is 0.300 e. The van der Waals surface area contributed by atoms with Gasteiger partial charge in [0.2, 0.25) is 5.91 Å². The monoisotopic (exact) mass is 207 g/mol. The summed E-state index contributed by atoms with van der Waals surface area (Å²) in [6, 6.07) is 7.68. The van der Waals surface area contributed by atoms with Crippen LogP contribution in [0.5, 0.6) is 0 Å². The number of benzene rings is 1. The van der Waals surface area contributed by atoms with Gasteiger partial charge < -0.3 is 0 Å². The van der Waals surface area contributed by atoms with E-state index < -0.39 is 0 Å². The number of hydrogen-bond acceptors (Lipinski definition) is 4. The molecule has 1 heterocycles. The van der Waals surface area contributed by atoms with Crippen LogP contribution >= 0.6 is 0 Å². The second-order valence-corrected chi connectivity index (χ2v) is 3.38. The molecule has 1 saturated heterocycles. The second-order valence-electron chi connectivity index (χ2n) is 3.38. The maximum absolute atomic E-state index is 11.1. The molecule has 1 amide bonds. The zero-order chi connectivity index (χ0) is 10.7. The van der Waals surface area contributed by atoms with Gasteiger partial charge >= 0.3 is 0 Å². The summed E-state index contributed by atoms with van der Waals surface area (Å²) < 4.78 is 0. The van der Waals surface area contributed by atoms with Gasteiger partial charge in [0, 0.05) is 18.5 Å². The van der Waals surface area contributed by atoms with Crippen molar-refractivity contribution in [1.29, 1.82) is 0 Å². The number of para-hydroxylation sites is 1. The number of amides is 1. The molecule has 0 spiro atoms. The van der Waals surface area contributed by atoms with E-state index in [1.54, 1.807) is 0 Å². The summed E-state index contributed by atoms with van der Waals surface area (Å²) in [6.45, 7) is 1.02. The van der Waals surface area contributed by atoms with Gasteiger partial charge in [0.05, 0.1) is 12.3 Å². The number of carbonyl (C=O) groups is 1. The predicted octanol–water partition coefficient (Wildman–Crippen LogP) is 0.318. The molecule has 3 N–H and O–H groups in total. The van der Waals surface area contributed by atoms with Crippen molar-refractivity contribution >= 4 is 11.6 Å². The number of nitrogens with zero attached hydrogens (tertiary/aromatic N) is 1. The first-order valence-corrected chi connectivity index (χ1v) is 4.78. The third kappa shape index (κ3) is 2.08. The number of hydrazine groups is 1. The standard InChI is InChI=1S/C10H13N3O2/c11-15-7-8-3-1-2-4-9(8)13-6-5-10(14)12-13/h1-4H,5-7,11H2,(H,12,14). The molecule has 0 atom stereocenters. The minimum Gasteiger partial charge on any atom is -0.300 e. The Balaban J connectivity index is 2.22. The molecular formula is C10H13N3O2. The van der Waals surface area contributed by atoms with Crippen LogP contribution in [0.4, 0.5) is 5.69 Å². The SMILES string of the molecule is NOCc1ccccc1N1CCC(=O)N1. The Morgan fingerprint density at radius 2 is 2.27 bits per heavy atom. The van der Waals surface area contributed by atoms with Crippen molar-refractivity contribution in [2.45, 2.75) is 13.0 Å². The van der Waals surface area contributed by atoms with Gasteiger partial charge in [0.15, 0.2) is 0 Å². The predicted molar refractivity (Wildman–Crippen MR) is 55.5 cm³/mol. The van der Waals surface area contributed by atoms with Crippen LogP contribution in [0.15, 0.2) is 24.3 Å². The number of carbonyl (C=O) groups excluding carboxylic acids is 1. The minimum absolute atomic E-state index is 0.0402. The summed E-state index contributed by atoms with van der Waals surface area (Å²) in [4.78, 5) is 15.7. The smallest absolute Gasteiger partial charge is 0.240 e. The first kappa shape index (κ1) is 9.95. The highest BCUT2D eigenvalue weighted by Crippen LogP contribution is 2.21. The quantitative estimate of drug-likeness (QED) is 0.700. The highest BCUT2D eigenvalue weighted by atomic mass is 16.6. The molecule has 0 aliphatic carbocycles. The summed E-state index contributed by atoms with van der Waals surface area (Å²) in [5.41, 5.74) is 4.67. The Morgan fingerprint density at radius 1 is 1.47 bits per heavy atom. The van der Waals surface area contributed by atoms with Gasteiger partial charge in [0.1, 0.15) is 0 Å². The molecule has 1 aliphatic rings. The molecule has 0 unspecified atom stereocenters. The average molecular weight is 207 g/mol. The van der Waals surface area contributed by atoms with E-state index in [4.69, 9.17) is 5.90 Å². The summed E-state index contributed by atoms with van der Waals surface area (Å²) in [5.74, 6) is 5.09. The van der Waals surface area contributed by atoms with E-state index in [1.807, 2.05) is 29.3 Å². The molecule has 0 bridgehead atoms. The number of hydrogen-bond donors (Lipinski definition) is 2. The molecule has 0 aromatic heterocycles. The maximum Gasteiger partial charge on any atom is 0.240 e. The molecule has 0 radical (unpaired) electrons. The van der Waals surface area contributed by atoms with Gasteiger partial charge in [-0.25, -0.2) is 5.90 Å². The van der Waals surface area contributed by atoms with Crippen molar-refractivity contribution in [3.8, 4) is 0 Å². The van der Waals surface area contributed by atoms with E-state index in [1.165, 1.54) is 0 Å². The van der Waals surface area contributed by atoms with Crippen LogP contribution in [0.3, 0.4) is 0 Å². The topological polar surface area (TPSA) is 67.6 Å². The molecule has 5 nitrogen and oxygen atoms in total.